The lowest BCUT2D eigenvalue weighted by molar-refractivity contribution is 0.134. The van der Waals surface area contributed by atoms with Crippen molar-refractivity contribution < 1.29 is 4.74 Å². The molecule has 3 heteroatoms. The Kier molecular flexibility index (Phi) is 5.83. The predicted octanol–water partition coefficient (Wildman–Crippen LogP) is 2.44. The number of hydrogen-bond acceptors (Lipinski definition) is 3. The van der Waals surface area contributed by atoms with E-state index in [0.29, 0.717) is 0 Å². The van der Waals surface area contributed by atoms with E-state index in [2.05, 4.69) is 42.7 Å². The van der Waals surface area contributed by atoms with Gasteiger partial charge in [-0.25, -0.2) is 0 Å². The molecule has 0 bridgehead atoms. The van der Waals surface area contributed by atoms with Crippen LogP contribution >= 0.6 is 0 Å². The van der Waals surface area contributed by atoms with Crippen molar-refractivity contribution in [2.45, 2.75) is 40.0 Å². The molecule has 0 aliphatic carbocycles. The van der Waals surface area contributed by atoms with Crippen molar-refractivity contribution in [3.05, 3.63) is 34.9 Å². The SMILES string of the molecule is CC(C)CNCCCNCc1ccc2c(c1)COC2. The molecular formula is C16H26N2O. The molecule has 2 rings (SSSR count). The second kappa shape index (κ2) is 7.63. The third-order valence-electron chi connectivity index (χ3n) is 3.37. The van der Waals surface area contributed by atoms with Crippen LogP contribution in [0.4, 0.5) is 0 Å². The normalized spacial score (nSPS) is 14.1. The molecule has 1 heterocycles. The number of nitrogens with one attached hydrogen (secondary N) is 2. The minimum absolute atomic E-state index is 0.738. The Bertz CT molecular complexity index is 390. The molecule has 0 unspecified atom stereocenters. The summed E-state index contributed by atoms with van der Waals surface area (Å²) in [5.74, 6) is 0.738. The van der Waals surface area contributed by atoms with Crippen LogP contribution in [-0.4, -0.2) is 19.6 Å². The fourth-order valence-electron chi connectivity index (χ4n) is 2.30. The van der Waals surface area contributed by atoms with Crippen molar-refractivity contribution in [1.29, 1.82) is 0 Å². The number of fused-ring (bicyclic) bond motifs is 1. The minimum atomic E-state index is 0.738. The van der Waals surface area contributed by atoms with Crippen molar-refractivity contribution in [2.75, 3.05) is 19.6 Å². The molecule has 19 heavy (non-hydrogen) atoms. The van der Waals surface area contributed by atoms with Gasteiger partial charge in [0.1, 0.15) is 0 Å². The molecule has 0 fully saturated rings. The van der Waals surface area contributed by atoms with Crippen LogP contribution in [-0.2, 0) is 24.5 Å². The summed E-state index contributed by atoms with van der Waals surface area (Å²) in [6, 6.07) is 6.67. The average molecular weight is 262 g/mol. The zero-order chi connectivity index (χ0) is 13.5. The Hall–Kier alpha value is -0.900. The van der Waals surface area contributed by atoms with Gasteiger partial charge in [0.05, 0.1) is 13.2 Å². The fraction of sp³-hybridized carbons (Fsp3) is 0.625. The number of benzene rings is 1. The molecule has 0 amide bonds. The number of hydrogen-bond donors (Lipinski definition) is 2. The predicted molar refractivity (Wildman–Crippen MR) is 79.0 cm³/mol. The summed E-state index contributed by atoms with van der Waals surface area (Å²) in [5.41, 5.74) is 4.07. The summed E-state index contributed by atoms with van der Waals surface area (Å²) in [6.45, 7) is 10.3. The molecule has 1 aromatic rings. The quantitative estimate of drug-likeness (QED) is 0.706. The van der Waals surface area contributed by atoms with E-state index in [9.17, 15) is 0 Å². The van der Waals surface area contributed by atoms with Crippen molar-refractivity contribution >= 4 is 0 Å². The van der Waals surface area contributed by atoms with Crippen LogP contribution in [0.1, 0.15) is 37.0 Å². The van der Waals surface area contributed by atoms with Crippen molar-refractivity contribution in [1.82, 2.24) is 10.6 Å². The van der Waals surface area contributed by atoms with Gasteiger partial charge in [-0.2, -0.15) is 0 Å². The fourth-order valence-corrected chi connectivity index (χ4v) is 2.30. The molecule has 0 spiro atoms. The highest BCUT2D eigenvalue weighted by molar-refractivity contribution is 5.33. The molecule has 1 aliphatic heterocycles. The van der Waals surface area contributed by atoms with E-state index in [1.807, 2.05) is 0 Å². The van der Waals surface area contributed by atoms with Gasteiger partial charge in [-0.1, -0.05) is 32.0 Å². The zero-order valence-electron chi connectivity index (χ0n) is 12.2. The van der Waals surface area contributed by atoms with E-state index < -0.39 is 0 Å². The Morgan fingerprint density at radius 1 is 1.11 bits per heavy atom. The van der Waals surface area contributed by atoms with Gasteiger partial charge < -0.3 is 15.4 Å². The van der Waals surface area contributed by atoms with Crippen LogP contribution in [0.25, 0.3) is 0 Å². The third-order valence-corrected chi connectivity index (χ3v) is 3.37. The van der Waals surface area contributed by atoms with Crippen molar-refractivity contribution in [3.63, 3.8) is 0 Å². The van der Waals surface area contributed by atoms with Crippen LogP contribution < -0.4 is 10.6 Å². The summed E-state index contributed by atoms with van der Waals surface area (Å²) < 4.78 is 5.43. The number of ether oxygens (including phenoxy) is 1. The average Bonchev–Trinajstić information content (AvgIpc) is 2.84. The number of rotatable bonds is 8. The molecule has 1 aliphatic rings. The van der Waals surface area contributed by atoms with Gasteiger partial charge in [0.25, 0.3) is 0 Å². The first-order chi connectivity index (χ1) is 9.25. The first kappa shape index (κ1) is 14.5. The Balaban J connectivity index is 1.58. The zero-order valence-corrected chi connectivity index (χ0v) is 12.2. The highest BCUT2D eigenvalue weighted by Crippen LogP contribution is 2.20. The Labute approximate surface area is 116 Å². The van der Waals surface area contributed by atoms with Crippen LogP contribution in [0.3, 0.4) is 0 Å². The minimum Gasteiger partial charge on any atom is -0.372 e. The standard InChI is InChI=1S/C16H26N2O/c1-13(2)9-17-6-3-7-18-10-14-4-5-15-11-19-12-16(15)8-14/h4-5,8,13,17-18H,3,6-7,9-12H2,1-2H3. The molecule has 0 aromatic heterocycles. The summed E-state index contributed by atoms with van der Waals surface area (Å²) in [6.07, 6.45) is 1.18. The molecule has 2 N–H and O–H groups in total. The molecule has 106 valence electrons. The van der Waals surface area contributed by atoms with Crippen molar-refractivity contribution in [2.24, 2.45) is 5.92 Å². The van der Waals surface area contributed by atoms with Gasteiger partial charge in [-0.15, -0.1) is 0 Å². The van der Waals surface area contributed by atoms with Crippen LogP contribution in [0, 0.1) is 5.92 Å². The summed E-state index contributed by atoms with van der Waals surface area (Å²) in [4.78, 5) is 0. The second-order valence-electron chi connectivity index (χ2n) is 5.72. The Morgan fingerprint density at radius 3 is 2.74 bits per heavy atom. The molecule has 0 radical (unpaired) electrons. The van der Waals surface area contributed by atoms with Gasteiger partial charge in [0.15, 0.2) is 0 Å². The van der Waals surface area contributed by atoms with E-state index >= 15 is 0 Å². The van der Waals surface area contributed by atoms with E-state index in [-0.39, 0.29) is 0 Å². The van der Waals surface area contributed by atoms with E-state index in [1.165, 1.54) is 23.1 Å². The first-order valence-corrected chi connectivity index (χ1v) is 7.35. The Morgan fingerprint density at radius 2 is 1.89 bits per heavy atom. The van der Waals surface area contributed by atoms with E-state index in [0.717, 1.165) is 45.3 Å². The van der Waals surface area contributed by atoms with E-state index in [4.69, 9.17) is 4.74 Å². The van der Waals surface area contributed by atoms with Gasteiger partial charge in [-0.05, 0) is 48.7 Å². The lowest BCUT2D eigenvalue weighted by Gasteiger charge is -2.08. The molecular weight excluding hydrogens is 236 g/mol. The largest absolute Gasteiger partial charge is 0.372 e. The summed E-state index contributed by atoms with van der Waals surface area (Å²) in [5, 5.41) is 6.96. The van der Waals surface area contributed by atoms with Gasteiger partial charge in [0, 0.05) is 6.54 Å². The van der Waals surface area contributed by atoms with Crippen LogP contribution in [0.15, 0.2) is 18.2 Å². The summed E-state index contributed by atoms with van der Waals surface area (Å²) in [7, 11) is 0. The molecule has 3 nitrogen and oxygen atoms in total. The van der Waals surface area contributed by atoms with Crippen molar-refractivity contribution in [3.8, 4) is 0 Å². The van der Waals surface area contributed by atoms with Crippen LogP contribution in [0.2, 0.25) is 0 Å². The smallest absolute Gasteiger partial charge is 0.0725 e. The highest BCUT2D eigenvalue weighted by atomic mass is 16.5. The first-order valence-electron chi connectivity index (χ1n) is 7.35. The molecule has 0 saturated carbocycles. The molecule has 1 aromatic carbocycles. The maximum absolute atomic E-state index is 5.43. The summed E-state index contributed by atoms with van der Waals surface area (Å²) >= 11 is 0. The second-order valence-corrected chi connectivity index (χ2v) is 5.72. The highest BCUT2D eigenvalue weighted by Gasteiger charge is 2.10. The van der Waals surface area contributed by atoms with E-state index in [1.54, 1.807) is 0 Å². The maximum Gasteiger partial charge on any atom is 0.0725 e. The monoisotopic (exact) mass is 262 g/mol. The third kappa shape index (κ3) is 4.94. The lowest BCUT2D eigenvalue weighted by atomic mass is 10.1. The van der Waals surface area contributed by atoms with Gasteiger partial charge >= 0.3 is 0 Å². The molecule has 0 atom stereocenters. The molecule has 0 saturated heterocycles. The maximum atomic E-state index is 5.43. The van der Waals surface area contributed by atoms with Gasteiger partial charge in [-0.3, -0.25) is 0 Å². The van der Waals surface area contributed by atoms with Gasteiger partial charge in [0.2, 0.25) is 0 Å². The lowest BCUT2D eigenvalue weighted by Crippen LogP contribution is -2.24. The van der Waals surface area contributed by atoms with Crippen LogP contribution in [0.5, 0.6) is 0 Å². The topological polar surface area (TPSA) is 33.3 Å².